The number of carbonyl (C=O) groups is 1. The van der Waals surface area contributed by atoms with Gasteiger partial charge in [-0.1, -0.05) is 6.08 Å². The number of rotatable bonds is 5. The standard InChI is InChI=1S/C7H12O2.C2H6OS/c1-3-4-7(9-2)5-6-8;1-4(2)3/h3,6-7H,1,4-5H2,2H3;1-2H3. The van der Waals surface area contributed by atoms with Crippen LogP contribution in [-0.2, 0) is 20.3 Å². The van der Waals surface area contributed by atoms with E-state index >= 15 is 0 Å². The summed E-state index contributed by atoms with van der Waals surface area (Å²) in [5.41, 5.74) is 0. The van der Waals surface area contributed by atoms with E-state index in [1.165, 1.54) is 0 Å². The molecule has 0 spiro atoms. The van der Waals surface area contributed by atoms with Crippen molar-refractivity contribution < 1.29 is 13.7 Å². The Hall–Kier alpha value is -0.480. The molecule has 0 aliphatic rings. The Bertz CT molecular complexity index is 143. The third-order valence-electron chi connectivity index (χ3n) is 1.12. The van der Waals surface area contributed by atoms with Crippen LogP contribution >= 0.6 is 0 Å². The molecule has 0 aromatic heterocycles. The van der Waals surface area contributed by atoms with Gasteiger partial charge in [-0.25, -0.2) is 0 Å². The predicted molar refractivity (Wildman–Crippen MR) is 56.3 cm³/mol. The Morgan fingerprint density at radius 1 is 1.46 bits per heavy atom. The van der Waals surface area contributed by atoms with Crippen molar-refractivity contribution in [3.8, 4) is 0 Å². The van der Waals surface area contributed by atoms with Crippen LogP contribution in [0.3, 0.4) is 0 Å². The molecule has 0 aromatic rings. The van der Waals surface area contributed by atoms with Gasteiger partial charge >= 0.3 is 0 Å². The number of carbonyl (C=O) groups excluding carboxylic acids is 1. The van der Waals surface area contributed by atoms with E-state index in [2.05, 4.69) is 6.58 Å². The first-order valence-electron chi connectivity index (χ1n) is 3.90. The number of hydrogen-bond donors (Lipinski definition) is 0. The quantitative estimate of drug-likeness (QED) is 0.501. The minimum Gasteiger partial charge on any atom is -0.381 e. The first-order valence-corrected chi connectivity index (χ1v) is 5.87. The zero-order valence-electron chi connectivity index (χ0n) is 8.49. The largest absolute Gasteiger partial charge is 0.381 e. The topological polar surface area (TPSA) is 43.4 Å². The highest BCUT2D eigenvalue weighted by Gasteiger charge is 2.01. The summed E-state index contributed by atoms with van der Waals surface area (Å²) in [5.74, 6) is 0. The van der Waals surface area contributed by atoms with Crippen LogP contribution in [0.25, 0.3) is 0 Å². The van der Waals surface area contributed by atoms with Gasteiger partial charge in [0.1, 0.15) is 6.29 Å². The Kier molecular flexibility index (Phi) is 13.3. The van der Waals surface area contributed by atoms with Crippen LogP contribution in [0.15, 0.2) is 12.7 Å². The fourth-order valence-corrected chi connectivity index (χ4v) is 0.582. The van der Waals surface area contributed by atoms with E-state index in [0.717, 1.165) is 12.7 Å². The molecule has 1 atom stereocenters. The summed E-state index contributed by atoms with van der Waals surface area (Å²) in [6, 6.07) is 0. The predicted octanol–water partition coefficient (Wildman–Crippen LogP) is 1.16. The van der Waals surface area contributed by atoms with Crippen LogP contribution in [0, 0.1) is 0 Å². The maximum absolute atomic E-state index is 9.93. The molecule has 0 N–H and O–H groups in total. The Balaban J connectivity index is 0. The van der Waals surface area contributed by atoms with Gasteiger partial charge in [0, 0.05) is 36.8 Å². The van der Waals surface area contributed by atoms with Gasteiger partial charge in [-0.05, 0) is 6.42 Å². The van der Waals surface area contributed by atoms with Gasteiger partial charge in [0.05, 0.1) is 6.10 Å². The average Bonchev–Trinajstić information content (AvgIpc) is 2.03. The van der Waals surface area contributed by atoms with Gasteiger partial charge < -0.3 is 9.53 Å². The van der Waals surface area contributed by atoms with E-state index in [4.69, 9.17) is 4.74 Å². The van der Waals surface area contributed by atoms with Gasteiger partial charge in [0.25, 0.3) is 0 Å². The minimum absolute atomic E-state index is 0.0278. The Morgan fingerprint density at radius 3 is 2.15 bits per heavy atom. The van der Waals surface area contributed by atoms with Crippen LogP contribution in [0.1, 0.15) is 12.8 Å². The Labute approximate surface area is 82.6 Å². The number of ether oxygens (including phenoxy) is 1. The second-order valence-corrected chi connectivity index (χ2v) is 4.01. The van der Waals surface area contributed by atoms with E-state index in [1.54, 1.807) is 25.7 Å². The molecule has 0 rings (SSSR count). The fourth-order valence-electron chi connectivity index (χ4n) is 0.582. The van der Waals surface area contributed by atoms with Gasteiger partial charge in [0.2, 0.25) is 0 Å². The van der Waals surface area contributed by atoms with E-state index in [1.807, 2.05) is 0 Å². The van der Waals surface area contributed by atoms with Crippen molar-refractivity contribution >= 4 is 17.1 Å². The lowest BCUT2D eigenvalue weighted by Gasteiger charge is -2.07. The molecule has 0 saturated carbocycles. The molecule has 13 heavy (non-hydrogen) atoms. The van der Waals surface area contributed by atoms with Crippen molar-refractivity contribution in [2.75, 3.05) is 19.6 Å². The molecule has 0 aliphatic carbocycles. The summed E-state index contributed by atoms with van der Waals surface area (Å²) in [5, 5.41) is 0. The van der Waals surface area contributed by atoms with Crippen molar-refractivity contribution in [2.45, 2.75) is 18.9 Å². The maximum atomic E-state index is 9.93. The van der Waals surface area contributed by atoms with Crippen molar-refractivity contribution in [3.05, 3.63) is 12.7 Å². The Morgan fingerprint density at radius 2 is 1.92 bits per heavy atom. The zero-order chi connectivity index (χ0) is 10.7. The van der Waals surface area contributed by atoms with E-state index in [9.17, 15) is 9.00 Å². The summed E-state index contributed by atoms with van der Waals surface area (Å²) in [4.78, 5) is 9.93. The van der Waals surface area contributed by atoms with Crippen molar-refractivity contribution in [1.29, 1.82) is 0 Å². The molecule has 0 radical (unpaired) electrons. The maximum Gasteiger partial charge on any atom is 0.122 e. The molecular formula is C9H18O3S. The molecule has 0 aromatic carbocycles. The molecule has 0 saturated heterocycles. The van der Waals surface area contributed by atoms with Crippen LogP contribution < -0.4 is 0 Å². The van der Waals surface area contributed by atoms with Crippen molar-refractivity contribution in [3.63, 3.8) is 0 Å². The van der Waals surface area contributed by atoms with Gasteiger partial charge in [-0.3, -0.25) is 4.21 Å². The SMILES string of the molecule is C=CCC(CC=O)OC.CS(C)=O. The lowest BCUT2D eigenvalue weighted by molar-refractivity contribution is -0.109. The lowest BCUT2D eigenvalue weighted by atomic mass is 10.2. The summed E-state index contributed by atoms with van der Waals surface area (Å²) in [6.07, 6.45) is 7.12. The third kappa shape index (κ3) is 18.5. The summed E-state index contributed by atoms with van der Waals surface area (Å²) in [7, 11) is 0.984. The molecule has 0 amide bonds. The highest BCUT2D eigenvalue weighted by atomic mass is 32.2. The normalized spacial score (nSPS) is 11.4. The third-order valence-corrected chi connectivity index (χ3v) is 1.12. The average molecular weight is 206 g/mol. The molecule has 0 heterocycles. The van der Waals surface area contributed by atoms with E-state index in [-0.39, 0.29) is 6.10 Å². The molecule has 0 aliphatic heterocycles. The highest BCUT2D eigenvalue weighted by molar-refractivity contribution is 7.83. The van der Waals surface area contributed by atoms with Crippen LogP contribution in [0.5, 0.6) is 0 Å². The summed E-state index contributed by atoms with van der Waals surface area (Å²) >= 11 is 0. The molecule has 0 fully saturated rings. The van der Waals surface area contributed by atoms with E-state index in [0.29, 0.717) is 6.42 Å². The van der Waals surface area contributed by atoms with Crippen LogP contribution in [0.4, 0.5) is 0 Å². The molecular weight excluding hydrogens is 188 g/mol. The minimum atomic E-state index is -0.611. The van der Waals surface area contributed by atoms with Gasteiger partial charge in [-0.15, -0.1) is 6.58 Å². The summed E-state index contributed by atoms with van der Waals surface area (Å²) < 4.78 is 14.5. The van der Waals surface area contributed by atoms with Crippen LogP contribution in [-0.4, -0.2) is 36.2 Å². The first-order chi connectivity index (χ1) is 6.08. The number of methoxy groups -OCH3 is 1. The monoisotopic (exact) mass is 206 g/mol. The number of hydrogen-bond acceptors (Lipinski definition) is 3. The molecule has 0 bridgehead atoms. The second kappa shape index (κ2) is 11.5. The molecule has 1 unspecified atom stereocenters. The summed E-state index contributed by atoms with van der Waals surface area (Å²) in [6.45, 7) is 3.53. The van der Waals surface area contributed by atoms with Crippen molar-refractivity contribution in [2.24, 2.45) is 0 Å². The lowest BCUT2D eigenvalue weighted by Crippen LogP contribution is -2.08. The highest BCUT2D eigenvalue weighted by Crippen LogP contribution is 1.99. The number of aldehydes is 1. The fraction of sp³-hybridized carbons (Fsp3) is 0.667. The molecule has 4 heteroatoms. The van der Waals surface area contributed by atoms with E-state index < -0.39 is 10.8 Å². The second-order valence-electron chi connectivity index (χ2n) is 2.53. The first kappa shape index (κ1) is 15.0. The van der Waals surface area contributed by atoms with Crippen LogP contribution in [0.2, 0.25) is 0 Å². The van der Waals surface area contributed by atoms with Crippen molar-refractivity contribution in [1.82, 2.24) is 0 Å². The smallest absolute Gasteiger partial charge is 0.122 e. The zero-order valence-corrected chi connectivity index (χ0v) is 9.30. The van der Waals surface area contributed by atoms with Gasteiger partial charge in [0.15, 0.2) is 0 Å². The molecule has 78 valence electrons. The molecule has 3 nitrogen and oxygen atoms in total. The van der Waals surface area contributed by atoms with Gasteiger partial charge in [-0.2, -0.15) is 0 Å².